The minimum atomic E-state index is -1.40. The summed E-state index contributed by atoms with van der Waals surface area (Å²) < 4.78 is 2.41. The molecular weight excluding hydrogens is 462 g/mol. The average Bonchev–Trinajstić information content (AvgIpc) is 2.88. The molecule has 0 saturated heterocycles. The largest absolute Gasteiger partial charge is 0.220 e. The van der Waals surface area contributed by atoms with Gasteiger partial charge >= 0.3 is 0 Å². The Labute approximate surface area is 226 Å². The number of nitrogens with zero attached hydrogens (tertiary/aromatic N) is 1. The number of pyridine rings is 1. The lowest BCUT2D eigenvalue weighted by Gasteiger charge is -2.39. The Kier molecular flexibility index (Phi) is 7.07. The molecule has 2 aromatic carbocycles. The van der Waals surface area contributed by atoms with Crippen LogP contribution >= 0.6 is 0 Å². The van der Waals surface area contributed by atoms with Crippen LogP contribution in [0.2, 0.25) is 18.6 Å². The van der Waals surface area contributed by atoms with Crippen LogP contribution in [0.4, 0.5) is 0 Å². The van der Waals surface area contributed by atoms with E-state index in [1.807, 2.05) is 0 Å². The molecule has 0 amide bonds. The Balaban J connectivity index is 1.50. The fourth-order valence-corrected chi connectivity index (χ4v) is 11.4. The van der Waals surface area contributed by atoms with Gasteiger partial charge < -0.3 is 0 Å². The van der Waals surface area contributed by atoms with Crippen LogP contribution in [0.3, 0.4) is 0 Å². The molecule has 3 aromatic rings. The quantitative estimate of drug-likeness (QED) is 0.238. The number of aryl methyl sites for hydroxylation is 1. The molecule has 0 N–H and O–H groups in total. The molecule has 1 aromatic heterocycles. The molecule has 37 heavy (non-hydrogen) atoms. The zero-order valence-corrected chi connectivity index (χ0v) is 24.9. The Morgan fingerprint density at radius 3 is 2.05 bits per heavy atom. The van der Waals surface area contributed by atoms with E-state index in [1.165, 1.54) is 106 Å². The van der Waals surface area contributed by atoms with Crippen molar-refractivity contribution in [3.8, 4) is 11.3 Å². The molecule has 1 heterocycles. The van der Waals surface area contributed by atoms with E-state index in [9.17, 15) is 0 Å². The zero-order chi connectivity index (χ0) is 25.6. The van der Waals surface area contributed by atoms with Gasteiger partial charge in [0.05, 0.1) is 19.0 Å². The van der Waals surface area contributed by atoms with E-state index < -0.39 is 8.07 Å². The third kappa shape index (κ3) is 4.73. The van der Waals surface area contributed by atoms with Crippen LogP contribution in [0, 0.1) is 6.92 Å². The van der Waals surface area contributed by atoms with Gasteiger partial charge in [-0.25, -0.2) is 4.57 Å². The van der Waals surface area contributed by atoms with E-state index >= 15 is 0 Å². The van der Waals surface area contributed by atoms with E-state index in [0.717, 1.165) is 17.4 Å². The van der Waals surface area contributed by atoms with Crippen LogP contribution in [0.15, 0.2) is 42.6 Å². The first-order valence-corrected chi connectivity index (χ1v) is 18.6. The topological polar surface area (TPSA) is 3.88 Å². The molecule has 0 radical (unpaired) electrons. The number of aromatic nitrogens is 1. The molecular formula is C35H48NSi+. The third-order valence-corrected chi connectivity index (χ3v) is 15.3. The van der Waals surface area contributed by atoms with Crippen molar-refractivity contribution in [1.29, 1.82) is 0 Å². The van der Waals surface area contributed by atoms with Crippen LogP contribution in [0.25, 0.3) is 22.0 Å². The second-order valence-electron chi connectivity index (χ2n) is 13.4. The summed E-state index contributed by atoms with van der Waals surface area (Å²) in [5.41, 5.74) is 8.75. The summed E-state index contributed by atoms with van der Waals surface area (Å²) in [6.45, 7) is 7.65. The van der Waals surface area contributed by atoms with Crippen LogP contribution in [-0.2, 0) is 7.05 Å². The number of benzene rings is 2. The summed E-state index contributed by atoms with van der Waals surface area (Å²) in [6.07, 6.45) is 20.6. The third-order valence-electron chi connectivity index (χ3n) is 10.9. The van der Waals surface area contributed by atoms with Crippen molar-refractivity contribution in [3.05, 3.63) is 59.3 Å². The van der Waals surface area contributed by atoms with Gasteiger partial charge in [-0.3, -0.25) is 0 Å². The molecule has 0 spiro atoms. The summed E-state index contributed by atoms with van der Waals surface area (Å²) in [4.78, 5) is 0. The summed E-state index contributed by atoms with van der Waals surface area (Å²) in [5.74, 6) is 1.49. The molecule has 3 aliphatic carbocycles. The molecule has 196 valence electrons. The maximum Gasteiger partial charge on any atom is 0.220 e. The minimum Gasteiger partial charge on any atom is -0.200 e. The fraction of sp³-hybridized carbons (Fsp3) is 0.571. The fourth-order valence-electron chi connectivity index (χ4n) is 7.99. The summed E-state index contributed by atoms with van der Waals surface area (Å²) in [6, 6.07) is 15.2. The zero-order valence-electron chi connectivity index (χ0n) is 23.9. The normalized spacial score (nSPS) is 20.3. The van der Waals surface area contributed by atoms with Gasteiger partial charge in [0.25, 0.3) is 0 Å². The molecule has 6 rings (SSSR count). The van der Waals surface area contributed by atoms with Gasteiger partial charge in [-0.05, 0) is 84.2 Å². The number of rotatable bonds is 5. The molecule has 1 nitrogen and oxygen atoms in total. The van der Waals surface area contributed by atoms with Gasteiger partial charge in [-0.15, -0.1) is 0 Å². The average molecular weight is 511 g/mol. The van der Waals surface area contributed by atoms with E-state index in [0.29, 0.717) is 0 Å². The lowest BCUT2D eigenvalue weighted by molar-refractivity contribution is -0.659. The van der Waals surface area contributed by atoms with Crippen molar-refractivity contribution in [2.75, 3.05) is 0 Å². The van der Waals surface area contributed by atoms with Gasteiger partial charge in [-0.1, -0.05) is 94.3 Å². The molecule has 3 saturated carbocycles. The second kappa shape index (κ2) is 10.3. The smallest absolute Gasteiger partial charge is 0.200 e. The number of fused-ring (bicyclic) bond motifs is 1. The molecule has 3 aliphatic rings. The van der Waals surface area contributed by atoms with Gasteiger partial charge in [0.2, 0.25) is 5.69 Å². The van der Waals surface area contributed by atoms with E-state index in [2.05, 4.69) is 74.2 Å². The van der Waals surface area contributed by atoms with Crippen LogP contribution in [0.5, 0.6) is 0 Å². The second-order valence-corrected chi connectivity index (χ2v) is 18.2. The van der Waals surface area contributed by atoms with Crippen molar-refractivity contribution in [3.63, 3.8) is 0 Å². The van der Waals surface area contributed by atoms with Crippen molar-refractivity contribution in [2.24, 2.45) is 7.05 Å². The predicted molar refractivity (Wildman–Crippen MR) is 162 cm³/mol. The Hall–Kier alpha value is -1.93. The monoisotopic (exact) mass is 510 g/mol. The van der Waals surface area contributed by atoms with Gasteiger partial charge in [0, 0.05) is 6.07 Å². The first-order chi connectivity index (χ1) is 17.9. The van der Waals surface area contributed by atoms with Gasteiger partial charge in [0.1, 0.15) is 7.05 Å². The van der Waals surface area contributed by atoms with Crippen molar-refractivity contribution in [2.45, 2.75) is 121 Å². The lowest BCUT2D eigenvalue weighted by atomic mass is 9.76. The highest BCUT2D eigenvalue weighted by Gasteiger charge is 2.37. The molecule has 0 bridgehead atoms. The highest BCUT2D eigenvalue weighted by molar-refractivity contribution is 6.91. The lowest BCUT2D eigenvalue weighted by Crippen LogP contribution is -2.48. The molecule has 0 unspecified atom stereocenters. The first kappa shape index (κ1) is 25.4. The molecule has 3 fully saturated rings. The van der Waals surface area contributed by atoms with E-state index in [-0.39, 0.29) is 0 Å². The molecule has 0 aliphatic heterocycles. The number of hydrogen-bond donors (Lipinski definition) is 0. The summed E-state index contributed by atoms with van der Waals surface area (Å²) in [5, 5.41) is 4.53. The standard InChI is InChI=1S/C35H48NSi/c1-25-33(27-14-9-6-10-15-27)23-29(26-12-7-5-8-13-26)24-34(25)35-32-19-18-31(22-28(32)20-21-36(35)2)37(3,4)30-16-11-17-30/h18-24,26-27,30H,5-17H2,1-4H3/q+1. The van der Waals surface area contributed by atoms with Crippen molar-refractivity contribution >= 4 is 24.0 Å². The van der Waals surface area contributed by atoms with Gasteiger partial charge in [-0.2, -0.15) is 0 Å². The van der Waals surface area contributed by atoms with Crippen LogP contribution in [0.1, 0.15) is 112 Å². The Bertz CT molecular complexity index is 1270. The Morgan fingerprint density at radius 2 is 1.41 bits per heavy atom. The van der Waals surface area contributed by atoms with Crippen molar-refractivity contribution in [1.82, 2.24) is 0 Å². The van der Waals surface area contributed by atoms with Gasteiger partial charge in [0.15, 0.2) is 6.20 Å². The van der Waals surface area contributed by atoms with Crippen LogP contribution < -0.4 is 9.75 Å². The van der Waals surface area contributed by atoms with Crippen molar-refractivity contribution < 1.29 is 4.57 Å². The number of hydrogen-bond acceptors (Lipinski definition) is 0. The van der Waals surface area contributed by atoms with E-state index in [1.54, 1.807) is 21.9 Å². The Morgan fingerprint density at radius 1 is 0.730 bits per heavy atom. The SMILES string of the molecule is Cc1c(-c2c3ccc([Si](C)(C)C4CCC4)cc3cc[n+]2C)cc(C2CCCCC2)cc1C1CCCCC1. The highest BCUT2D eigenvalue weighted by atomic mass is 28.3. The van der Waals surface area contributed by atoms with Crippen LogP contribution in [-0.4, -0.2) is 8.07 Å². The maximum atomic E-state index is 2.67. The molecule has 0 atom stereocenters. The minimum absolute atomic E-state index is 0.747. The first-order valence-electron chi connectivity index (χ1n) is 15.5. The summed E-state index contributed by atoms with van der Waals surface area (Å²) in [7, 11) is 0.862. The maximum absolute atomic E-state index is 2.67. The molecule has 2 heteroatoms. The van der Waals surface area contributed by atoms with E-state index in [4.69, 9.17) is 0 Å². The predicted octanol–water partition coefficient (Wildman–Crippen LogP) is 9.20. The highest BCUT2D eigenvalue weighted by Crippen LogP contribution is 2.43. The summed E-state index contributed by atoms with van der Waals surface area (Å²) >= 11 is 0.